The molecule has 0 saturated carbocycles. The number of carbonyl (C=O) groups excluding carboxylic acids is 10. The van der Waals surface area contributed by atoms with Gasteiger partial charge in [0.2, 0.25) is 53.2 Å². The number of aromatic hydroxyl groups is 1. The molecule has 2 aromatic heterocycles. The third-order valence-corrected chi connectivity index (χ3v) is 16.4. The van der Waals surface area contributed by atoms with Gasteiger partial charge in [-0.05, 0) is 118 Å². The number of nitrogens with one attached hydrogen (secondary N) is 10. The van der Waals surface area contributed by atoms with Crippen molar-refractivity contribution in [2.45, 2.75) is 160 Å². The standard InChI is InChI=1S/C65H89N17O14/c1-34(2)22-53(61(93)76-47(12-8-20-72-65(69)70)63(95)81-21-9-13-52(81)60(92)74-31-54(68)85)82(62(94)45(67)28-43-36(4)23-35(3)24-37(43)5)64(96)50(25-38-14-16-41(84)17-15-38)79-59(91)51(32-83)80-57(89)48(26-39-29-73-46-11-7-6-10-42(39)46)78-58(90)49(27-40-30-71-33-75-40)77-56(88)44(66)18-19-55(86)87/h6-7,10-11,14-17,23-24,29-30,33-34,44-45,47-53,73,83-84H,8-9,12-13,18-22,25-28,31-32,66-67H2,1-5H3,(H2,68,85)(H,71,75)(H,74,92)(H,76,93)(H,77,88)(H,78,90)(H,79,91)(H,80,89)(H,86,87)(H4,69,70,72)/t44-,45+,47-,48-,49-,50-,51-,52-,53-/m0/s1. The molecule has 31 nitrogen and oxygen atoms in total. The van der Waals surface area contributed by atoms with Gasteiger partial charge in [0.05, 0.1) is 37.3 Å². The van der Waals surface area contributed by atoms with Crippen LogP contribution in [0.4, 0.5) is 0 Å². The second-order valence-electron chi connectivity index (χ2n) is 24.5. The summed E-state index contributed by atoms with van der Waals surface area (Å²) in [5, 5.41) is 57.1. The van der Waals surface area contributed by atoms with Gasteiger partial charge in [-0.15, -0.1) is 0 Å². The number of aromatic nitrogens is 3. The number of aliphatic hydroxyl groups excluding tert-OH is 1. The van der Waals surface area contributed by atoms with Crippen molar-refractivity contribution < 1.29 is 68.1 Å². The van der Waals surface area contributed by atoms with Crippen molar-refractivity contribution in [2.75, 3.05) is 26.2 Å². The minimum Gasteiger partial charge on any atom is -0.508 e. The zero-order valence-corrected chi connectivity index (χ0v) is 54.4. The number of carboxylic acid groups (broad SMARTS) is 1. The summed E-state index contributed by atoms with van der Waals surface area (Å²) in [5.41, 5.74) is 28.6. The van der Waals surface area contributed by atoms with Gasteiger partial charge in [-0.25, -0.2) is 4.98 Å². The zero-order chi connectivity index (χ0) is 70.5. The lowest BCUT2D eigenvalue weighted by Crippen LogP contribution is -2.64. The number of aromatic amines is 2. The highest BCUT2D eigenvalue weighted by Gasteiger charge is 2.44. The average Bonchev–Trinajstić information content (AvgIpc) is 0.877. The van der Waals surface area contributed by atoms with E-state index in [2.05, 4.69) is 52.2 Å². The summed E-state index contributed by atoms with van der Waals surface area (Å²) in [7, 11) is 0. The number of hydrogen-bond acceptors (Lipinski definition) is 17. The van der Waals surface area contributed by atoms with Crippen LogP contribution in [-0.2, 0) is 78.4 Å². The molecule has 518 valence electrons. The number of fused-ring (bicyclic) bond motifs is 1. The molecule has 3 aromatic carbocycles. The van der Waals surface area contributed by atoms with Gasteiger partial charge < -0.3 is 90.3 Å². The Morgan fingerprint density at radius 1 is 0.729 bits per heavy atom. The normalized spacial score (nSPS) is 15.3. The van der Waals surface area contributed by atoms with Gasteiger partial charge >= 0.3 is 5.97 Å². The van der Waals surface area contributed by atoms with Crippen LogP contribution in [0.2, 0.25) is 0 Å². The summed E-state index contributed by atoms with van der Waals surface area (Å²) in [6.07, 6.45) is 2.75. The molecule has 0 radical (unpaired) electrons. The number of carbonyl (C=O) groups is 11. The topological polar surface area (TPSA) is 512 Å². The van der Waals surface area contributed by atoms with Crippen LogP contribution in [-0.4, -0.2) is 192 Å². The minimum absolute atomic E-state index is 0.0527. The first-order chi connectivity index (χ1) is 45.5. The van der Waals surface area contributed by atoms with Crippen LogP contribution in [0.25, 0.3) is 10.9 Å². The predicted molar refractivity (Wildman–Crippen MR) is 351 cm³/mol. The number of aliphatic carboxylic acids is 1. The highest BCUT2D eigenvalue weighted by atomic mass is 16.4. The number of imide groups is 1. The number of para-hydroxylation sites is 1. The number of guanidine groups is 1. The molecule has 96 heavy (non-hydrogen) atoms. The second kappa shape index (κ2) is 35.3. The number of H-pyrrole nitrogens is 2. The molecule has 1 saturated heterocycles. The van der Waals surface area contributed by atoms with Crippen molar-refractivity contribution in [3.8, 4) is 5.75 Å². The molecule has 5 aromatic rings. The predicted octanol–water partition coefficient (Wildman–Crippen LogP) is -1.65. The van der Waals surface area contributed by atoms with E-state index in [0.717, 1.165) is 16.7 Å². The molecule has 0 spiro atoms. The Morgan fingerprint density at radius 2 is 1.35 bits per heavy atom. The first kappa shape index (κ1) is 74.8. The SMILES string of the molecule is Cc1cc(C)c(C[C@@H](N)C(=O)N(C(=O)[C@H](Cc2ccc(O)cc2)NC(=O)[C@H](CO)NC(=O)[C@H](Cc2c[nH]c3ccccc23)NC(=O)[C@H](Cc2c[nH]cn2)NC(=O)[C@@H](N)CCC(=O)O)[C@@H](CC(C)C)C(=O)N[C@@H](CCCNC(=N)N)C(=O)N2CCC[C@H]2C(=O)NCC(N)=O)c(C)c1. The van der Waals surface area contributed by atoms with E-state index in [1.807, 2.05) is 32.9 Å². The number of imidazole rings is 1. The van der Waals surface area contributed by atoms with Crippen LogP contribution < -0.4 is 60.2 Å². The Kier molecular flexibility index (Phi) is 27.5. The van der Waals surface area contributed by atoms with Crippen LogP contribution in [0.3, 0.4) is 0 Å². The van der Waals surface area contributed by atoms with E-state index in [1.165, 1.54) is 41.7 Å². The largest absolute Gasteiger partial charge is 0.508 e. The van der Waals surface area contributed by atoms with E-state index in [9.17, 15) is 53.7 Å². The van der Waals surface area contributed by atoms with Gasteiger partial charge in [-0.2, -0.15) is 0 Å². The van der Waals surface area contributed by atoms with Crippen LogP contribution in [0.5, 0.6) is 5.75 Å². The number of hydrogen-bond donors (Lipinski definition) is 17. The molecule has 21 N–H and O–H groups in total. The van der Waals surface area contributed by atoms with E-state index in [0.29, 0.717) is 39.0 Å². The first-order valence-electron chi connectivity index (χ1n) is 31.6. The van der Waals surface area contributed by atoms with E-state index in [1.54, 1.807) is 44.3 Å². The fourth-order valence-corrected chi connectivity index (χ4v) is 11.5. The number of benzene rings is 3. The number of aryl methyl sites for hydroxylation is 3. The maximum atomic E-state index is 16.0. The van der Waals surface area contributed by atoms with Gasteiger partial charge in [-0.3, -0.25) is 63.0 Å². The van der Waals surface area contributed by atoms with Crippen molar-refractivity contribution >= 4 is 81.9 Å². The van der Waals surface area contributed by atoms with E-state index >= 15 is 14.4 Å². The second-order valence-corrected chi connectivity index (χ2v) is 24.5. The number of likely N-dealkylation sites (tertiary alicyclic amines) is 1. The molecule has 1 aliphatic heterocycles. The summed E-state index contributed by atoms with van der Waals surface area (Å²) in [6.45, 7) is 7.40. The fraction of sp³-hybridized carbons (Fsp3) is 0.462. The first-order valence-corrected chi connectivity index (χ1v) is 31.6. The number of phenolic OH excluding ortho intramolecular Hbond substituents is 1. The fourth-order valence-electron chi connectivity index (χ4n) is 11.5. The molecule has 0 unspecified atom stereocenters. The molecule has 10 amide bonds. The lowest BCUT2D eigenvalue weighted by molar-refractivity contribution is -0.156. The molecular weight excluding hydrogens is 1240 g/mol. The van der Waals surface area contributed by atoms with Crippen molar-refractivity contribution in [2.24, 2.45) is 28.9 Å². The smallest absolute Gasteiger partial charge is 0.303 e. The molecular formula is C65H89N17O14. The van der Waals surface area contributed by atoms with Gasteiger partial charge in [-0.1, -0.05) is 61.9 Å². The van der Waals surface area contributed by atoms with Gasteiger partial charge in [0, 0.05) is 62.1 Å². The maximum Gasteiger partial charge on any atom is 0.303 e. The van der Waals surface area contributed by atoms with Crippen LogP contribution in [0.15, 0.2) is 79.4 Å². The minimum atomic E-state index is -1.94. The van der Waals surface area contributed by atoms with Crippen molar-refractivity contribution in [1.29, 1.82) is 5.41 Å². The Labute approximate surface area is 554 Å². The van der Waals surface area contributed by atoms with Crippen LogP contribution >= 0.6 is 0 Å². The quantitative estimate of drug-likeness (QED) is 0.0123. The van der Waals surface area contributed by atoms with E-state index in [4.69, 9.17) is 28.3 Å². The zero-order valence-electron chi connectivity index (χ0n) is 54.4. The van der Waals surface area contributed by atoms with Gasteiger partial charge in [0.25, 0.3) is 5.91 Å². The summed E-state index contributed by atoms with van der Waals surface area (Å²) < 4.78 is 0. The lowest BCUT2D eigenvalue weighted by Gasteiger charge is -2.36. The summed E-state index contributed by atoms with van der Waals surface area (Å²) in [4.78, 5) is 168. The highest BCUT2D eigenvalue weighted by molar-refractivity contribution is 6.06. The number of phenols is 1. The maximum absolute atomic E-state index is 16.0. The lowest BCUT2D eigenvalue weighted by atomic mass is 9.93. The third-order valence-electron chi connectivity index (χ3n) is 16.4. The third kappa shape index (κ3) is 21.4. The monoisotopic (exact) mass is 1330 g/mol. The number of primary amides is 1. The molecule has 0 bridgehead atoms. The number of carboxylic acids is 1. The Morgan fingerprint density at radius 3 is 1.98 bits per heavy atom. The Hall–Kier alpha value is -10.3. The summed E-state index contributed by atoms with van der Waals surface area (Å²) in [6, 6.07) is 2.08. The molecule has 1 fully saturated rings. The molecule has 9 atom stereocenters. The summed E-state index contributed by atoms with van der Waals surface area (Å²) in [5.74, 6) is -11.9. The van der Waals surface area contributed by atoms with Crippen molar-refractivity contribution in [3.63, 3.8) is 0 Å². The van der Waals surface area contributed by atoms with E-state index < -0.39 is 151 Å². The Balaban J connectivity index is 1.40. The summed E-state index contributed by atoms with van der Waals surface area (Å²) >= 11 is 0. The van der Waals surface area contributed by atoms with Crippen molar-refractivity contribution in [3.05, 3.63) is 118 Å². The number of rotatable bonds is 35. The van der Waals surface area contributed by atoms with Crippen LogP contribution in [0.1, 0.15) is 97.9 Å². The molecule has 6 rings (SSSR count). The van der Waals surface area contributed by atoms with E-state index in [-0.39, 0.29) is 81.7 Å². The number of aliphatic hydroxyl groups is 1. The number of nitrogens with zero attached hydrogens (tertiary/aromatic N) is 3. The molecule has 31 heteroatoms. The van der Waals surface area contributed by atoms with Gasteiger partial charge in [0.15, 0.2) is 5.96 Å². The molecule has 3 heterocycles. The molecule has 0 aliphatic carbocycles. The van der Waals surface area contributed by atoms with Gasteiger partial charge in [0.1, 0.15) is 48.0 Å². The number of nitrogens with two attached hydrogens (primary N) is 4. The molecule has 1 aliphatic rings. The number of amides is 10. The van der Waals surface area contributed by atoms with Crippen molar-refractivity contribution in [1.82, 2.24) is 62.0 Å². The Bertz CT molecular complexity index is 3570. The highest BCUT2D eigenvalue weighted by Crippen LogP contribution is 2.25. The average molecular weight is 1330 g/mol. The van der Waals surface area contributed by atoms with Crippen LogP contribution in [0, 0.1) is 32.1 Å².